The molecule has 1 heterocycles. The van der Waals surface area contributed by atoms with E-state index in [0.29, 0.717) is 0 Å². The van der Waals surface area contributed by atoms with Crippen molar-refractivity contribution in [1.29, 1.82) is 0 Å². The van der Waals surface area contributed by atoms with Crippen LogP contribution in [0.25, 0.3) is 0 Å². The van der Waals surface area contributed by atoms with Gasteiger partial charge in [0.25, 0.3) is 0 Å². The normalized spacial score (nSPS) is 10.2. The van der Waals surface area contributed by atoms with Gasteiger partial charge in [-0.05, 0) is 48.6 Å². The van der Waals surface area contributed by atoms with Crippen molar-refractivity contribution >= 4 is 0 Å². The second kappa shape index (κ2) is 4.74. The lowest BCUT2D eigenvalue weighted by Crippen LogP contribution is -1.91. The van der Waals surface area contributed by atoms with E-state index < -0.39 is 0 Å². The van der Waals surface area contributed by atoms with Gasteiger partial charge in [0.05, 0.1) is 0 Å². The van der Waals surface area contributed by atoms with E-state index in [4.69, 9.17) is 0 Å². The van der Waals surface area contributed by atoms with Crippen LogP contribution in [-0.2, 0) is 6.42 Å². The van der Waals surface area contributed by atoms with Crippen molar-refractivity contribution in [1.82, 2.24) is 4.98 Å². The van der Waals surface area contributed by atoms with Crippen molar-refractivity contribution in [3.05, 3.63) is 71.9 Å². The summed E-state index contributed by atoms with van der Waals surface area (Å²) < 4.78 is 0. The Morgan fingerprint density at radius 1 is 1.07 bits per heavy atom. The number of nitrogens with zero attached hydrogens (tertiary/aromatic N) is 1. The largest absolute Gasteiger partial charge is 0.265 e. The van der Waals surface area contributed by atoms with Gasteiger partial charge in [-0.15, -0.1) is 0 Å². The Morgan fingerprint density at radius 3 is 2.53 bits per heavy atom. The number of hydrogen-bond donors (Lipinski definition) is 0. The Kier molecular flexibility index (Phi) is 3.13. The van der Waals surface area contributed by atoms with E-state index in [-0.39, 0.29) is 0 Å². The van der Waals surface area contributed by atoms with Gasteiger partial charge in [0, 0.05) is 12.4 Å². The third-order valence-corrected chi connectivity index (χ3v) is 2.50. The molecular formula is C14H14N. The second-order valence-corrected chi connectivity index (χ2v) is 3.62. The number of benzene rings is 1. The summed E-state index contributed by atoms with van der Waals surface area (Å²) in [7, 11) is 0. The summed E-state index contributed by atoms with van der Waals surface area (Å²) in [6, 6.07) is 12.5. The van der Waals surface area contributed by atoms with Gasteiger partial charge in [0.15, 0.2) is 0 Å². The lowest BCUT2D eigenvalue weighted by molar-refractivity contribution is 1.13. The molecule has 0 bridgehead atoms. The third kappa shape index (κ3) is 2.66. The maximum atomic E-state index is 4.00. The Labute approximate surface area is 90.8 Å². The van der Waals surface area contributed by atoms with Crippen molar-refractivity contribution in [2.45, 2.75) is 13.3 Å². The van der Waals surface area contributed by atoms with E-state index in [9.17, 15) is 0 Å². The van der Waals surface area contributed by atoms with Crippen molar-refractivity contribution in [2.24, 2.45) is 0 Å². The molecular weight excluding hydrogens is 182 g/mol. The van der Waals surface area contributed by atoms with Crippen LogP contribution in [0.1, 0.15) is 16.7 Å². The molecule has 0 amide bonds. The predicted molar refractivity (Wildman–Crippen MR) is 62.5 cm³/mol. The summed E-state index contributed by atoms with van der Waals surface area (Å²) in [6.45, 7) is 2.14. The molecule has 0 saturated heterocycles. The van der Waals surface area contributed by atoms with Gasteiger partial charge in [-0.25, -0.2) is 0 Å². The van der Waals surface area contributed by atoms with Crippen LogP contribution in [-0.4, -0.2) is 4.98 Å². The van der Waals surface area contributed by atoms with E-state index in [1.807, 2.05) is 12.4 Å². The molecule has 0 spiro atoms. The first-order valence-corrected chi connectivity index (χ1v) is 5.14. The molecule has 2 rings (SSSR count). The zero-order chi connectivity index (χ0) is 10.5. The average Bonchev–Trinajstić information content (AvgIpc) is 2.29. The quantitative estimate of drug-likeness (QED) is 0.734. The molecule has 0 aliphatic heterocycles. The van der Waals surface area contributed by atoms with Crippen molar-refractivity contribution in [3.63, 3.8) is 0 Å². The molecule has 15 heavy (non-hydrogen) atoms. The van der Waals surface area contributed by atoms with Crippen LogP contribution in [0.2, 0.25) is 0 Å². The third-order valence-electron chi connectivity index (χ3n) is 2.50. The van der Waals surface area contributed by atoms with Gasteiger partial charge < -0.3 is 0 Å². The second-order valence-electron chi connectivity index (χ2n) is 3.62. The number of pyridine rings is 1. The van der Waals surface area contributed by atoms with Crippen LogP contribution in [0, 0.1) is 13.3 Å². The van der Waals surface area contributed by atoms with Gasteiger partial charge in [0.2, 0.25) is 0 Å². The van der Waals surface area contributed by atoms with E-state index in [0.717, 1.165) is 6.42 Å². The number of aromatic nitrogens is 1. The van der Waals surface area contributed by atoms with Crippen molar-refractivity contribution in [3.8, 4) is 0 Å². The average molecular weight is 196 g/mol. The highest BCUT2D eigenvalue weighted by Gasteiger charge is 1.98. The molecule has 1 aromatic heterocycles. The molecule has 1 radical (unpaired) electrons. The molecule has 0 fully saturated rings. The minimum Gasteiger partial charge on any atom is -0.265 e. The van der Waals surface area contributed by atoms with Crippen LogP contribution in [0.15, 0.2) is 48.8 Å². The molecule has 75 valence electrons. The molecule has 1 nitrogen and oxygen atoms in total. The molecule has 1 heteroatoms. The minimum absolute atomic E-state index is 0.966. The summed E-state index contributed by atoms with van der Waals surface area (Å²) >= 11 is 0. The van der Waals surface area contributed by atoms with Crippen molar-refractivity contribution in [2.75, 3.05) is 0 Å². The SMILES string of the molecule is Cc1ccccc1[CH]Cc1ccncc1. The highest BCUT2D eigenvalue weighted by molar-refractivity contribution is 5.33. The molecule has 0 N–H and O–H groups in total. The number of rotatable bonds is 3. The highest BCUT2D eigenvalue weighted by atomic mass is 14.6. The standard InChI is InChI=1S/C14H14N/c1-12-4-2-3-5-14(12)7-6-13-8-10-15-11-9-13/h2-5,7-11H,6H2,1H3. The summed E-state index contributed by atoms with van der Waals surface area (Å²) in [4.78, 5) is 4.00. The summed E-state index contributed by atoms with van der Waals surface area (Å²) in [5.41, 5.74) is 3.94. The van der Waals surface area contributed by atoms with Crippen LogP contribution >= 0.6 is 0 Å². The Morgan fingerprint density at radius 2 is 1.80 bits per heavy atom. The van der Waals surface area contributed by atoms with Gasteiger partial charge in [-0.3, -0.25) is 4.98 Å². The fourth-order valence-corrected chi connectivity index (χ4v) is 1.56. The van der Waals surface area contributed by atoms with E-state index in [1.165, 1.54) is 16.7 Å². The molecule has 0 aliphatic carbocycles. The first-order valence-electron chi connectivity index (χ1n) is 5.14. The molecule has 2 aromatic rings. The van der Waals surface area contributed by atoms with E-state index in [2.05, 4.69) is 54.7 Å². The van der Waals surface area contributed by atoms with Crippen LogP contribution < -0.4 is 0 Å². The topological polar surface area (TPSA) is 12.9 Å². The van der Waals surface area contributed by atoms with Gasteiger partial charge in [-0.1, -0.05) is 24.3 Å². The highest BCUT2D eigenvalue weighted by Crippen LogP contribution is 2.12. The first kappa shape index (κ1) is 9.91. The monoisotopic (exact) mass is 196 g/mol. The summed E-state index contributed by atoms with van der Waals surface area (Å²) in [5.74, 6) is 0. The van der Waals surface area contributed by atoms with Gasteiger partial charge >= 0.3 is 0 Å². The summed E-state index contributed by atoms with van der Waals surface area (Å²) in [5, 5.41) is 0. The zero-order valence-corrected chi connectivity index (χ0v) is 8.85. The Balaban J connectivity index is 2.03. The maximum absolute atomic E-state index is 4.00. The van der Waals surface area contributed by atoms with E-state index in [1.54, 1.807) is 0 Å². The minimum atomic E-state index is 0.966. The van der Waals surface area contributed by atoms with Crippen LogP contribution in [0.5, 0.6) is 0 Å². The number of hydrogen-bond acceptors (Lipinski definition) is 1. The molecule has 0 aliphatic rings. The molecule has 1 aromatic carbocycles. The van der Waals surface area contributed by atoms with Gasteiger partial charge in [-0.2, -0.15) is 0 Å². The fraction of sp³-hybridized carbons (Fsp3) is 0.143. The van der Waals surface area contributed by atoms with Crippen molar-refractivity contribution < 1.29 is 0 Å². The van der Waals surface area contributed by atoms with E-state index >= 15 is 0 Å². The lowest BCUT2D eigenvalue weighted by atomic mass is 10.0. The Bertz CT molecular complexity index is 420. The first-order chi connectivity index (χ1) is 7.36. The maximum Gasteiger partial charge on any atom is 0.0270 e. The molecule has 0 saturated carbocycles. The lowest BCUT2D eigenvalue weighted by Gasteiger charge is -2.04. The molecule has 0 atom stereocenters. The van der Waals surface area contributed by atoms with Crippen LogP contribution in [0.4, 0.5) is 0 Å². The smallest absolute Gasteiger partial charge is 0.0270 e. The zero-order valence-electron chi connectivity index (χ0n) is 8.85. The van der Waals surface area contributed by atoms with Crippen LogP contribution in [0.3, 0.4) is 0 Å². The Hall–Kier alpha value is -1.63. The predicted octanol–water partition coefficient (Wildman–Crippen LogP) is 3.19. The fourth-order valence-electron chi connectivity index (χ4n) is 1.56. The molecule has 0 unspecified atom stereocenters. The number of aryl methyl sites for hydroxylation is 1. The van der Waals surface area contributed by atoms with Gasteiger partial charge in [0.1, 0.15) is 0 Å². The summed E-state index contributed by atoms with van der Waals surface area (Å²) in [6.07, 6.45) is 6.89.